The standard InChI is InChI=1S/C19H26FN5O2/c1-3-15(21)11-6-7-23(9-11)17-10(2)16-13(8-14(17)20)18(26)25(22)19(27)24(16)12-4-5-12/h8,11-12,15H,3-7,9,21-22H2,1-2H3. The molecule has 1 saturated heterocycles. The van der Waals surface area contributed by atoms with Gasteiger partial charge in [0.15, 0.2) is 0 Å². The summed E-state index contributed by atoms with van der Waals surface area (Å²) >= 11 is 0. The Labute approximate surface area is 156 Å². The van der Waals surface area contributed by atoms with Crippen molar-refractivity contribution in [2.45, 2.75) is 51.6 Å². The molecule has 8 heteroatoms. The number of nitrogen functional groups attached to an aromatic ring is 1. The van der Waals surface area contributed by atoms with Crippen molar-refractivity contribution >= 4 is 16.6 Å². The van der Waals surface area contributed by atoms with Gasteiger partial charge in [0.1, 0.15) is 5.82 Å². The van der Waals surface area contributed by atoms with Gasteiger partial charge in [-0.1, -0.05) is 6.92 Å². The van der Waals surface area contributed by atoms with E-state index in [1.807, 2.05) is 4.90 Å². The molecule has 7 nitrogen and oxygen atoms in total. The van der Waals surface area contributed by atoms with E-state index in [4.69, 9.17) is 11.6 Å². The molecule has 2 heterocycles. The van der Waals surface area contributed by atoms with Crippen LogP contribution in [0.1, 0.15) is 44.2 Å². The van der Waals surface area contributed by atoms with E-state index in [-0.39, 0.29) is 17.5 Å². The van der Waals surface area contributed by atoms with Gasteiger partial charge >= 0.3 is 5.69 Å². The molecule has 2 aromatic rings. The number of aryl methyl sites for hydroxylation is 1. The molecule has 2 unspecified atom stereocenters. The van der Waals surface area contributed by atoms with Gasteiger partial charge in [0, 0.05) is 30.7 Å². The third kappa shape index (κ3) is 2.74. The summed E-state index contributed by atoms with van der Waals surface area (Å²) < 4.78 is 17.2. The van der Waals surface area contributed by atoms with Crippen LogP contribution < -0.4 is 27.7 Å². The van der Waals surface area contributed by atoms with Gasteiger partial charge in [-0.2, -0.15) is 4.68 Å². The number of nitrogens with zero attached hydrogens (tertiary/aromatic N) is 3. The van der Waals surface area contributed by atoms with Crippen LogP contribution in [0, 0.1) is 18.7 Å². The molecule has 2 fully saturated rings. The summed E-state index contributed by atoms with van der Waals surface area (Å²) in [6.07, 6.45) is 3.51. The number of rotatable bonds is 4. The number of aromatic nitrogens is 2. The summed E-state index contributed by atoms with van der Waals surface area (Å²) in [6, 6.07) is 1.34. The van der Waals surface area contributed by atoms with E-state index in [1.165, 1.54) is 6.07 Å². The third-order valence-electron chi connectivity index (χ3n) is 6.09. The Bertz CT molecular complexity index is 1020. The lowest BCUT2D eigenvalue weighted by Crippen LogP contribution is -2.44. The first-order valence-electron chi connectivity index (χ1n) is 9.61. The second-order valence-corrected chi connectivity index (χ2v) is 7.85. The lowest BCUT2D eigenvalue weighted by molar-refractivity contribution is 0.447. The number of halogens is 1. The van der Waals surface area contributed by atoms with Crippen LogP contribution in [0.4, 0.5) is 10.1 Å². The first-order chi connectivity index (χ1) is 12.8. The van der Waals surface area contributed by atoms with Gasteiger partial charge in [0.2, 0.25) is 0 Å². The van der Waals surface area contributed by atoms with E-state index >= 15 is 4.39 Å². The van der Waals surface area contributed by atoms with Crippen molar-refractivity contribution in [3.63, 3.8) is 0 Å². The topological polar surface area (TPSA) is 99.3 Å². The number of nitrogens with two attached hydrogens (primary N) is 2. The van der Waals surface area contributed by atoms with E-state index in [9.17, 15) is 9.59 Å². The number of benzene rings is 1. The Hall–Kier alpha value is -2.35. The summed E-state index contributed by atoms with van der Waals surface area (Å²) in [7, 11) is 0. The quantitative estimate of drug-likeness (QED) is 0.783. The van der Waals surface area contributed by atoms with E-state index in [1.54, 1.807) is 11.5 Å². The Morgan fingerprint density at radius 2 is 2.00 bits per heavy atom. The maximum Gasteiger partial charge on any atom is 0.350 e. The van der Waals surface area contributed by atoms with Crippen LogP contribution in [0.15, 0.2) is 15.7 Å². The van der Waals surface area contributed by atoms with Crippen LogP contribution in [-0.2, 0) is 0 Å². The summed E-state index contributed by atoms with van der Waals surface area (Å²) in [5, 5.41) is 0.156. The minimum Gasteiger partial charge on any atom is -0.369 e. The van der Waals surface area contributed by atoms with Crippen molar-refractivity contribution in [2.75, 3.05) is 23.8 Å². The summed E-state index contributed by atoms with van der Waals surface area (Å²) in [5.41, 5.74) is 6.59. The maximum atomic E-state index is 15.1. The molecule has 2 atom stereocenters. The summed E-state index contributed by atoms with van der Waals surface area (Å²) in [6.45, 7) is 5.23. The SMILES string of the molecule is CCC(N)C1CCN(c2c(F)cc3c(=O)n(N)c(=O)n(C4CC4)c3c2C)C1. The zero-order valence-corrected chi connectivity index (χ0v) is 15.7. The molecule has 2 aliphatic rings. The number of hydrogen-bond donors (Lipinski definition) is 2. The Morgan fingerprint density at radius 1 is 1.30 bits per heavy atom. The molecule has 4 rings (SSSR count). The molecular weight excluding hydrogens is 349 g/mol. The van der Waals surface area contributed by atoms with Crippen molar-refractivity contribution in [2.24, 2.45) is 11.7 Å². The molecule has 1 aromatic heterocycles. The summed E-state index contributed by atoms with van der Waals surface area (Å²) in [5.74, 6) is 5.52. The Balaban J connectivity index is 1.91. The highest BCUT2D eigenvalue weighted by atomic mass is 19.1. The van der Waals surface area contributed by atoms with Gasteiger partial charge < -0.3 is 16.5 Å². The van der Waals surface area contributed by atoms with E-state index < -0.39 is 17.1 Å². The average Bonchev–Trinajstić information content (AvgIpc) is 3.37. The van der Waals surface area contributed by atoms with Crippen molar-refractivity contribution in [1.29, 1.82) is 0 Å². The summed E-state index contributed by atoms with van der Waals surface area (Å²) in [4.78, 5) is 27.1. The van der Waals surface area contributed by atoms with Crippen LogP contribution in [0.25, 0.3) is 10.9 Å². The maximum absolute atomic E-state index is 15.1. The van der Waals surface area contributed by atoms with Crippen molar-refractivity contribution < 1.29 is 4.39 Å². The molecule has 0 radical (unpaired) electrons. The van der Waals surface area contributed by atoms with E-state index in [0.29, 0.717) is 40.5 Å². The van der Waals surface area contributed by atoms with Gasteiger partial charge in [-0.05, 0) is 44.6 Å². The molecule has 1 aliphatic heterocycles. The lowest BCUT2D eigenvalue weighted by Gasteiger charge is -2.25. The highest BCUT2D eigenvalue weighted by Crippen LogP contribution is 2.39. The molecule has 1 saturated carbocycles. The second kappa shape index (κ2) is 6.37. The van der Waals surface area contributed by atoms with Gasteiger partial charge in [0.05, 0.1) is 16.6 Å². The van der Waals surface area contributed by atoms with E-state index in [2.05, 4.69) is 6.92 Å². The molecule has 146 valence electrons. The predicted octanol–water partition coefficient (Wildman–Crippen LogP) is 1.22. The highest BCUT2D eigenvalue weighted by molar-refractivity contribution is 5.87. The zero-order chi connectivity index (χ0) is 19.5. The van der Waals surface area contributed by atoms with Crippen LogP contribution in [0.3, 0.4) is 0 Å². The van der Waals surface area contributed by atoms with Crippen LogP contribution in [-0.4, -0.2) is 28.4 Å². The number of hydrogen-bond acceptors (Lipinski definition) is 5. The van der Waals surface area contributed by atoms with Gasteiger partial charge in [-0.3, -0.25) is 9.36 Å². The van der Waals surface area contributed by atoms with Crippen LogP contribution in [0.2, 0.25) is 0 Å². The number of fused-ring (bicyclic) bond motifs is 1. The first kappa shape index (κ1) is 18.0. The molecule has 27 heavy (non-hydrogen) atoms. The smallest absolute Gasteiger partial charge is 0.350 e. The monoisotopic (exact) mass is 375 g/mol. The van der Waals surface area contributed by atoms with Crippen LogP contribution >= 0.6 is 0 Å². The first-order valence-corrected chi connectivity index (χ1v) is 9.61. The second-order valence-electron chi connectivity index (χ2n) is 7.85. The normalized spacial score (nSPS) is 21.2. The molecule has 0 spiro atoms. The van der Waals surface area contributed by atoms with E-state index in [0.717, 1.165) is 25.7 Å². The van der Waals surface area contributed by atoms with Gasteiger partial charge in [-0.25, -0.2) is 9.18 Å². The number of anilines is 1. The third-order valence-corrected chi connectivity index (χ3v) is 6.09. The predicted molar refractivity (Wildman–Crippen MR) is 104 cm³/mol. The fourth-order valence-corrected chi connectivity index (χ4v) is 4.39. The molecule has 1 aliphatic carbocycles. The zero-order valence-electron chi connectivity index (χ0n) is 15.7. The highest BCUT2D eigenvalue weighted by Gasteiger charge is 2.33. The van der Waals surface area contributed by atoms with Crippen LogP contribution in [0.5, 0.6) is 0 Å². The van der Waals surface area contributed by atoms with Gasteiger partial charge in [0.25, 0.3) is 5.56 Å². The molecule has 4 N–H and O–H groups in total. The van der Waals surface area contributed by atoms with Crippen molar-refractivity contribution in [1.82, 2.24) is 9.24 Å². The lowest BCUT2D eigenvalue weighted by atomic mass is 9.98. The molecular formula is C19H26FN5O2. The Kier molecular flexibility index (Phi) is 4.25. The fraction of sp³-hybridized carbons (Fsp3) is 0.579. The fourth-order valence-electron chi connectivity index (χ4n) is 4.39. The molecule has 0 bridgehead atoms. The largest absolute Gasteiger partial charge is 0.369 e. The van der Waals surface area contributed by atoms with Crippen molar-refractivity contribution in [3.05, 3.63) is 38.3 Å². The van der Waals surface area contributed by atoms with Gasteiger partial charge in [-0.15, -0.1) is 0 Å². The minimum absolute atomic E-state index is 0.0206. The average molecular weight is 375 g/mol. The Morgan fingerprint density at radius 3 is 2.63 bits per heavy atom. The minimum atomic E-state index is -0.659. The molecule has 1 aromatic carbocycles. The molecule has 0 amide bonds. The van der Waals surface area contributed by atoms with Crippen molar-refractivity contribution in [3.8, 4) is 0 Å².